The second kappa shape index (κ2) is 6.27. The van der Waals surface area contributed by atoms with Crippen LogP contribution in [0.5, 0.6) is 0 Å². The van der Waals surface area contributed by atoms with E-state index in [9.17, 15) is 5.11 Å². The number of aliphatic hydroxyl groups excluding tert-OH is 1. The Labute approximate surface area is 122 Å². The predicted octanol–water partition coefficient (Wildman–Crippen LogP) is 2.84. The molecule has 0 aliphatic heterocycles. The van der Waals surface area contributed by atoms with Gasteiger partial charge in [-0.2, -0.15) is 5.10 Å². The highest BCUT2D eigenvalue weighted by Crippen LogP contribution is 2.43. The molecule has 1 aromatic heterocycles. The topological polar surface area (TPSA) is 41.3 Å². The molecule has 1 aliphatic rings. The van der Waals surface area contributed by atoms with Crippen molar-refractivity contribution in [3.63, 3.8) is 0 Å². The quantitative estimate of drug-likeness (QED) is 0.901. The first-order valence-corrected chi connectivity index (χ1v) is 7.88. The molecule has 1 aliphatic carbocycles. The van der Waals surface area contributed by atoms with Gasteiger partial charge in [-0.1, -0.05) is 13.8 Å². The summed E-state index contributed by atoms with van der Waals surface area (Å²) < 4.78 is 1.97. The van der Waals surface area contributed by atoms with Gasteiger partial charge in [-0.25, -0.2) is 0 Å². The van der Waals surface area contributed by atoms with E-state index in [1.807, 2.05) is 16.9 Å². The van der Waals surface area contributed by atoms with Gasteiger partial charge in [-0.05, 0) is 58.2 Å². The van der Waals surface area contributed by atoms with Gasteiger partial charge in [0.15, 0.2) is 0 Å². The Morgan fingerprint density at radius 2 is 2.10 bits per heavy atom. The summed E-state index contributed by atoms with van der Waals surface area (Å²) in [5.74, 6) is 0.774. The third-order valence-corrected chi connectivity index (χ3v) is 5.00. The standard InChI is InChI=1S/C16H29N3O/c1-5-12-19-14(8-11-17-19)15(20)16(18(3)4)9-6-13(2)7-10-16/h8,11,13,15,20H,5-7,9-10,12H2,1-4H3. The summed E-state index contributed by atoms with van der Waals surface area (Å²) in [6, 6.07) is 1.98. The summed E-state index contributed by atoms with van der Waals surface area (Å²) in [6.07, 6.45) is 6.88. The number of nitrogens with zero attached hydrogens (tertiary/aromatic N) is 3. The fourth-order valence-corrected chi connectivity index (χ4v) is 3.48. The number of aryl methyl sites for hydroxylation is 1. The van der Waals surface area contributed by atoms with Crippen LogP contribution < -0.4 is 0 Å². The van der Waals surface area contributed by atoms with Crippen LogP contribution in [0.4, 0.5) is 0 Å². The number of hydrogen-bond donors (Lipinski definition) is 1. The maximum atomic E-state index is 11.0. The van der Waals surface area contributed by atoms with Gasteiger partial charge in [-0.3, -0.25) is 4.68 Å². The zero-order chi connectivity index (χ0) is 14.8. The van der Waals surface area contributed by atoms with Gasteiger partial charge < -0.3 is 10.0 Å². The first-order valence-electron chi connectivity index (χ1n) is 7.88. The number of aliphatic hydroxyl groups is 1. The molecule has 1 unspecified atom stereocenters. The minimum absolute atomic E-state index is 0.141. The Kier molecular flexibility index (Phi) is 4.86. The highest BCUT2D eigenvalue weighted by Gasteiger charge is 2.44. The second-order valence-electron chi connectivity index (χ2n) is 6.56. The minimum atomic E-state index is -0.459. The largest absolute Gasteiger partial charge is 0.385 e. The molecule has 2 rings (SSSR count). The van der Waals surface area contributed by atoms with E-state index in [1.165, 1.54) is 12.8 Å². The van der Waals surface area contributed by atoms with Gasteiger partial charge >= 0.3 is 0 Å². The average molecular weight is 279 g/mol. The molecule has 114 valence electrons. The van der Waals surface area contributed by atoms with E-state index in [4.69, 9.17) is 0 Å². The molecule has 20 heavy (non-hydrogen) atoms. The van der Waals surface area contributed by atoms with Crippen molar-refractivity contribution in [1.82, 2.24) is 14.7 Å². The van der Waals surface area contributed by atoms with Crippen LogP contribution in [0.2, 0.25) is 0 Å². The van der Waals surface area contributed by atoms with Crippen molar-refractivity contribution in [2.24, 2.45) is 5.92 Å². The minimum Gasteiger partial charge on any atom is -0.385 e. The molecule has 0 aromatic carbocycles. The first kappa shape index (κ1) is 15.5. The third kappa shape index (κ3) is 2.77. The Hall–Kier alpha value is -0.870. The van der Waals surface area contributed by atoms with E-state index in [2.05, 4.69) is 37.9 Å². The van der Waals surface area contributed by atoms with Crippen molar-refractivity contribution in [2.75, 3.05) is 14.1 Å². The van der Waals surface area contributed by atoms with Gasteiger partial charge in [0.05, 0.1) is 11.2 Å². The first-order chi connectivity index (χ1) is 9.51. The summed E-state index contributed by atoms with van der Waals surface area (Å²) in [7, 11) is 4.19. The van der Waals surface area contributed by atoms with Crippen molar-refractivity contribution in [3.05, 3.63) is 18.0 Å². The van der Waals surface area contributed by atoms with E-state index in [1.54, 1.807) is 0 Å². The molecule has 0 saturated heterocycles. The Morgan fingerprint density at radius 1 is 1.45 bits per heavy atom. The fourth-order valence-electron chi connectivity index (χ4n) is 3.48. The molecule has 4 heteroatoms. The fraction of sp³-hybridized carbons (Fsp3) is 0.812. The van der Waals surface area contributed by atoms with Crippen molar-refractivity contribution in [3.8, 4) is 0 Å². The highest BCUT2D eigenvalue weighted by atomic mass is 16.3. The van der Waals surface area contributed by atoms with Crippen molar-refractivity contribution >= 4 is 0 Å². The SMILES string of the molecule is CCCn1nccc1C(O)C1(N(C)C)CCC(C)CC1. The molecule has 0 spiro atoms. The van der Waals surface area contributed by atoms with Crippen LogP contribution in [0.15, 0.2) is 12.3 Å². The summed E-state index contributed by atoms with van der Waals surface area (Å²) in [4.78, 5) is 2.23. The second-order valence-corrected chi connectivity index (χ2v) is 6.56. The molecule has 1 atom stereocenters. The lowest BCUT2D eigenvalue weighted by Gasteiger charge is -2.47. The smallest absolute Gasteiger partial charge is 0.114 e. The molecule has 1 aromatic rings. The Morgan fingerprint density at radius 3 is 2.65 bits per heavy atom. The number of rotatable bonds is 5. The van der Waals surface area contributed by atoms with Crippen molar-refractivity contribution in [1.29, 1.82) is 0 Å². The Balaban J connectivity index is 2.27. The number of aromatic nitrogens is 2. The highest BCUT2D eigenvalue weighted by molar-refractivity contribution is 5.13. The van der Waals surface area contributed by atoms with Gasteiger partial charge in [0.1, 0.15) is 6.10 Å². The average Bonchev–Trinajstić information content (AvgIpc) is 2.87. The van der Waals surface area contributed by atoms with Crippen LogP contribution in [0.25, 0.3) is 0 Å². The maximum Gasteiger partial charge on any atom is 0.114 e. The van der Waals surface area contributed by atoms with Crippen molar-refractivity contribution < 1.29 is 5.11 Å². The lowest BCUT2D eigenvalue weighted by molar-refractivity contribution is -0.0449. The molecule has 1 saturated carbocycles. The van der Waals surface area contributed by atoms with Crippen LogP contribution in [0.1, 0.15) is 57.7 Å². The number of likely N-dealkylation sites (N-methyl/N-ethyl adjacent to an activating group) is 1. The zero-order valence-electron chi connectivity index (χ0n) is 13.3. The van der Waals surface area contributed by atoms with E-state index >= 15 is 0 Å². The molecule has 0 amide bonds. The third-order valence-electron chi connectivity index (χ3n) is 5.00. The van der Waals surface area contributed by atoms with Crippen LogP contribution in [0, 0.1) is 5.92 Å². The van der Waals surface area contributed by atoms with Gasteiger partial charge in [0.2, 0.25) is 0 Å². The van der Waals surface area contributed by atoms with E-state index in [0.29, 0.717) is 0 Å². The molecule has 1 heterocycles. The lowest BCUT2D eigenvalue weighted by atomic mass is 9.72. The van der Waals surface area contributed by atoms with Crippen LogP contribution >= 0.6 is 0 Å². The van der Waals surface area contributed by atoms with Gasteiger partial charge in [-0.15, -0.1) is 0 Å². The normalized spacial score (nSPS) is 28.8. The maximum absolute atomic E-state index is 11.0. The molecule has 1 N–H and O–H groups in total. The summed E-state index contributed by atoms with van der Waals surface area (Å²) in [5, 5.41) is 15.4. The zero-order valence-corrected chi connectivity index (χ0v) is 13.3. The number of hydrogen-bond acceptors (Lipinski definition) is 3. The van der Waals surface area contributed by atoms with E-state index in [-0.39, 0.29) is 5.54 Å². The van der Waals surface area contributed by atoms with Crippen LogP contribution in [0.3, 0.4) is 0 Å². The summed E-state index contributed by atoms with van der Waals surface area (Å²) in [6.45, 7) is 5.33. The Bertz CT molecular complexity index is 419. The van der Waals surface area contributed by atoms with Crippen molar-refractivity contribution in [2.45, 2.75) is 64.1 Å². The summed E-state index contributed by atoms with van der Waals surface area (Å²) >= 11 is 0. The van der Waals surface area contributed by atoms with Crippen LogP contribution in [-0.4, -0.2) is 39.4 Å². The molecule has 0 radical (unpaired) electrons. The van der Waals surface area contributed by atoms with Crippen LogP contribution in [-0.2, 0) is 6.54 Å². The van der Waals surface area contributed by atoms with E-state index in [0.717, 1.165) is 37.4 Å². The van der Waals surface area contributed by atoms with Gasteiger partial charge in [0.25, 0.3) is 0 Å². The predicted molar refractivity (Wildman–Crippen MR) is 81.5 cm³/mol. The molecule has 0 bridgehead atoms. The molecular formula is C16H29N3O. The molecular weight excluding hydrogens is 250 g/mol. The van der Waals surface area contributed by atoms with Gasteiger partial charge in [0, 0.05) is 12.7 Å². The van der Waals surface area contributed by atoms with E-state index < -0.39 is 6.10 Å². The molecule has 1 fully saturated rings. The lowest BCUT2D eigenvalue weighted by Crippen LogP contribution is -2.51. The monoisotopic (exact) mass is 279 g/mol. The molecule has 4 nitrogen and oxygen atoms in total. The summed E-state index contributed by atoms with van der Waals surface area (Å²) in [5.41, 5.74) is 0.827.